The molecular weight excluding hydrogens is 172 g/mol. The van der Waals surface area contributed by atoms with Crippen molar-refractivity contribution >= 4 is 0 Å². The highest BCUT2D eigenvalue weighted by Crippen LogP contribution is 2.07. The van der Waals surface area contributed by atoms with E-state index in [2.05, 4.69) is 59.1 Å². The third-order valence-corrected chi connectivity index (χ3v) is 2.33. The largest absolute Gasteiger partial charge is 0.299 e. The van der Waals surface area contributed by atoms with Gasteiger partial charge in [-0.3, -0.25) is 10.6 Å². The van der Waals surface area contributed by atoms with Gasteiger partial charge in [0.2, 0.25) is 0 Å². The van der Waals surface area contributed by atoms with Crippen LogP contribution in [-0.2, 0) is 0 Å². The van der Waals surface area contributed by atoms with Crippen molar-refractivity contribution in [3.05, 3.63) is 0 Å². The molecule has 0 rings (SSSR count). The Bertz CT molecular complexity index is 147. The van der Waals surface area contributed by atoms with E-state index in [1.807, 2.05) is 0 Å². The lowest BCUT2D eigenvalue weighted by atomic mass is 10.0. The summed E-state index contributed by atoms with van der Waals surface area (Å²) in [6.45, 7) is 15.6. The molecule has 0 aliphatic rings. The van der Waals surface area contributed by atoms with Crippen LogP contribution >= 0.6 is 0 Å². The molecule has 0 heterocycles. The van der Waals surface area contributed by atoms with E-state index < -0.39 is 0 Å². The van der Waals surface area contributed by atoms with E-state index >= 15 is 0 Å². The molecule has 0 fully saturated rings. The monoisotopic (exact) mass is 200 g/mol. The highest BCUT2D eigenvalue weighted by atomic mass is 15.2. The van der Waals surface area contributed by atoms with Gasteiger partial charge in [-0.05, 0) is 40.0 Å². The summed E-state index contributed by atoms with van der Waals surface area (Å²) >= 11 is 0. The molecule has 0 aromatic carbocycles. The lowest BCUT2D eigenvalue weighted by Crippen LogP contribution is -2.55. The Morgan fingerprint density at radius 1 is 1.07 bits per heavy atom. The Hall–Kier alpha value is -0.0800. The van der Waals surface area contributed by atoms with Gasteiger partial charge in [-0.2, -0.15) is 0 Å². The quantitative estimate of drug-likeness (QED) is 0.667. The van der Waals surface area contributed by atoms with Crippen LogP contribution in [0.25, 0.3) is 0 Å². The van der Waals surface area contributed by atoms with E-state index in [1.165, 1.54) is 6.42 Å². The molecule has 2 unspecified atom stereocenters. The van der Waals surface area contributed by atoms with Crippen molar-refractivity contribution in [3.8, 4) is 0 Å². The Kier molecular flexibility index (Phi) is 5.68. The molecule has 0 saturated carbocycles. The van der Waals surface area contributed by atoms with Crippen LogP contribution in [0.15, 0.2) is 0 Å². The maximum absolute atomic E-state index is 3.61. The number of hydrogen-bond donors (Lipinski definition) is 2. The molecule has 14 heavy (non-hydrogen) atoms. The Labute approximate surface area is 89.9 Å². The Morgan fingerprint density at radius 3 is 1.86 bits per heavy atom. The molecule has 0 radical (unpaired) electrons. The zero-order valence-corrected chi connectivity index (χ0v) is 10.9. The molecule has 86 valence electrons. The lowest BCUT2D eigenvalue weighted by molar-refractivity contribution is 0.243. The Balaban J connectivity index is 4.16. The molecule has 0 saturated heterocycles. The fourth-order valence-electron chi connectivity index (χ4n) is 1.29. The minimum atomic E-state index is 0.176. The van der Waals surface area contributed by atoms with E-state index in [-0.39, 0.29) is 5.54 Å². The van der Waals surface area contributed by atoms with Crippen molar-refractivity contribution in [1.82, 2.24) is 10.6 Å². The summed E-state index contributed by atoms with van der Waals surface area (Å²) in [5.74, 6) is 0.614. The summed E-state index contributed by atoms with van der Waals surface area (Å²) in [5.41, 5.74) is 0.176. The van der Waals surface area contributed by atoms with Crippen LogP contribution in [0.5, 0.6) is 0 Å². The van der Waals surface area contributed by atoms with E-state index in [4.69, 9.17) is 0 Å². The second-order valence-corrected chi connectivity index (χ2v) is 5.59. The second-order valence-electron chi connectivity index (χ2n) is 5.59. The van der Waals surface area contributed by atoms with Gasteiger partial charge in [-0.15, -0.1) is 0 Å². The van der Waals surface area contributed by atoms with Crippen LogP contribution in [-0.4, -0.2) is 17.7 Å². The first-order chi connectivity index (χ1) is 6.26. The van der Waals surface area contributed by atoms with Gasteiger partial charge in [0, 0.05) is 11.6 Å². The first-order valence-electron chi connectivity index (χ1n) is 5.80. The van der Waals surface area contributed by atoms with Crippen molar-refractivity contribution in [2.45, 2.75) is 72.6 Å². The molecular formula is C12H28N2. The number of rotatable bonds is 5. The molecule has 2 heteroatoms. The van der Waals surface area contributed by atoms with Gasteiger partial charge in [0.15, 0.2) is 0 Å². The zero-order chi connectivity index (χ0) is 11.4. The molecule has 2 atom stereocenters. The molecule has 2 nitrogen and oxygen atoms in total. The van der Waals surface area contributed by atoms with Gasteiger partial charge in [0.1, 0.15) is 0 Å². The van der Waals surface area contributed by atoms with E-state index in [0.29, 0.717) is 18.1 Å². The fourth-order valence-corrected chi connectivity index (χ4v) is 1.29. The summed E-state index contributed by atoms with van der Waals surface area (Å²) in [4.78, 5) is 0. The average Bonchev–Trinajstić information content (AvgIpc) is 2.00. The van der Waals surface area contributed by atoms with Crippen molar-refractivity contribution in [1.29, 1.82) is 0 Å². The molecule has 0 aromatic rings. The standard InChI is InChI=1S/C12H28N2/c1-8-10(4)13-11(9(2)3)14-12(5,6)7/h9-11,13-14H,8H2,1-7H3. The molecule has 0 spiro atoms. The summed E-state index contributed by atoms with van der Waals surface area (Å²) in [6, 6.07) is 0.581. The van der Waals surface area contributed by atoms with Crippen LogP contribution in [0.3, 0.4) is 0 Å². The maximum atomic E-state index is 3.61. The normalized spacial score (nSPS) is 17.1. The molecule has 0 aromatic heterocycles. The number of hydrogen-bond acceptors (Lipinski definition) is 2. The Morgan fingerprint density at radius 2 is 1.57 bits per heavy atom. The summed E-state index contributed by atoms with van der Waals surface area (Å²) < 4.78 is 0. The number of nitrogens with one attached hydrogen (secondary N) is 2. The summed E-state index contributed by atoms with van der Waals surface area (Å²) in [7, 11) is 0. The first-order valence-corrected chi connectivity index (χ1v) is 5.80. The van der Waals surface area contributed by atoms with Crippen LogP contribution in [0, 0.1) is 5.92 Å². The van der Waals surface area contributed by atoms with Crippen molar-refractivity contribution < 1.29 is 0 Å². The smallest absolute Gasteiger partial charge is 0.0601 e. The zero-order valence-electron chi connectivity index (χ0n) is 10.9. The van der Waals surface area contributed by atoms with E-state index in [0.717, 1.165) is 0 Å². The topological polar surface area (TPSA) is 24.1 Å². The van der Waals surface area contributed by atoms with Gasteiger partial charge < -0.3 is 0 Å². The second kappa shape index (κ2) is 5.72. The highest BCUT2D eigenvalue weighted by molar-refractivity contribution is 4.80. The average molecular weight is 200 g/mol. The SMILES string of the molecule is CCC(C)NC(NC(C)(C)C)C(C)C. The fraction of sp³-hybridized carbons (Fsp3) is 1.00. The van der Waals surface area contributed by atoms with Crippen LogP contribution in [0.4, 0.5) is 0 Å². The van der Waals surface area contributed by atoms with Gasteiger partial charge in [-0.25, -0.2) is 0 Å². The molecule has 0 aliphatic carbocycles. The van der Waals surface area contributed by atoms with Gasteiger partial charge >= 0.3 is 0 Å². The molecule has 0 amide bonds. The summed E-state index contributed by atoms with van der Waals surface area (Å²) in [5, 5.41) is 7.22. The third kappa shape index (κ3) is 6.39. The van der Waals surface area contributed by atoms with Crippen LogP contribution in [0.1, 0.15) is 54.9 Å². The minimum Gasteiger partial charge on any atom is -0.299 e. The third-order valence-electron chi connectivity index (χ3n) is 2.33. The van der Waals surface area contributed by atoms with E-state index in [9.17, 15) is 0 Å². The predicted octanol–water partition coefficient (Wildman–Crippen LogP) is 2.74. The van der Waals surface area contributed by atoms with Crippen molar-refractivity contribution in [3.63, 3.8) is 0 Å². The van der Waals surface area contributed by atoms with Crippen LogP contribution in [0.2, 0.25) is 0 Å². The summed E-state index contributed by atoms with van der Waals surface area (Å²) in [6.07, 6.45) is 1.58. The highest BCUT2D eigenvalue weighted by Gasteiger charge is 2.20. The minimum absolute atomic E-state index is 0.176. The maximum Gasteiger partial charge on any atom is 0.0601 e. The van der Waals surface area contributed by atoms with Crippen LogP contribution < -0.4 is 10.6 Å². The molecule has 2 N–H and O–H groups in total. The molecule has 0 bridgehead atoms. The van der Waals surface area contributed by atoms with Gasteiger partial charge in [0.25, 0.3) is 0 Å². The van der Waals surface area contributed by atoms with E-state index in [1.54, 1.807) is 0 Å². The van der Waals surface area contributed by atoms with Gasteiger partial charge in [0.05, 0.1) is 6.17 Å². The molecule has 0 aliphatic heterocycles. The van der Waals surface area contributed by atoms with Gasteiger partial charge in [-0.1, -0.05) is 20.8 Å². The first kappa shape index (κ1) is 13.9. The van der Waals surface area contributed by atoms with Crippen molar-refractivity contribution in [2.75, 3.05) is 0 Å². The predicted molar refractivity (Wildman–Crippen MR) is 64.4 cm³/mol. The lowest BCUT2D eigenvalue weighted by Gasteiger charge is -2.33. The van der Waals surface area contributed by atoms with Crippen molar-refractivity contribution in [2.24, 2.45) is 5.92 Å².